The van der Waals surface area contributed by atoms with E-state index in [1.54, 1.807) is 7.11 Å². The molecule has 1 saturated carbocycles. The fourth-order valence-corrected chi connectivity index (χ4v) is 6.28. The molecule has 3 aliphatic rings. The van der Waals surface area contributed by atoms with Crippen LogP contribution in [0.4, 0.5) is 0 Å². The van der Waals surface area contributed by atoms with Crippen molar-refractivity contribution in [3.8, 4) is 5.75 Å². The zero-order chi connectivity index (χ0) is 21.6. The molecule has 0 unspecified atom stereocenters. The topological polar surface area (TPSA) is 68.8 Å². The average molecular weight is 426 g/mol. The van der Waals surface area contributed by atoms with Gasteiger partial charge in [-0.1, -0.05) is 19.3 Å². The SMILES string of the molecule is COc1ccc2c3c([nH]c2c1)[C@@H](CO)N(C(=O)C1CCCCC1)CC31CCN(C)CC1. The van der Waals surface area contributed by atoms with Gasteiger partial charge in [0.05, 0.1) is 19.8 Å². The van der Waals surface area contributed by atoms with E-state index in [4.69, 9.17) is 4.74 Å². The first-order valence-corrected chi connectivity index (χ1v) is 11.9. The molecule has 5 rings (SSSR count). The Morgan fingerprint density at radius 2 is 1.97 bits per heavy atom. The molecule has 31 heavy (non-hydrogen) atoms. The fraction of sp³-hybridized carbons (Fsp3) is 0.640. The number of methoxy groups -OCH3 is 1. The number of nitrogens with zero attached hydrogens (tertiary/aromatic N) is 2. The van der Waals surface area contributed by atoms with Crippen LogP contribution in [0, 0.1) is 5.92 Å². The van der Waals surface area contributed by atoms with Gasteiger partial charge in [0, 0.05) is 40.5 Å². The Morgan fingerprint density at radius 3 is 2.65 bits per heavy atom. The average Bonchev–Trinajstić information content (AvgIpc) is 3.20. The van der Waals surface area contributed by atoms with Crippen LogP contribution in [0.5, 0.6) is 5.75 Å². The number of benzene rings is 1. The summed E-state index contributed by atoms with van der Waals surface area (Å²) in [4.78, 5) is 21.7. The first-order valence-electron chi connectivity index (χ1n) is 11.9. The second-order valence-corrected chi connectivity index (χ2v) is 9.91. The Bertz CT molecular complexity index is 954. The van der Waals surface area contributed by atoms with Gasteiger partial charge in [-0.3, -0.25) is 4.79 Å². The minimum Gasteiger partial charge on any atom is -0.497 e. The van der Waals surface area contributed by atoms with Crippen LogP contribution in [0.2, 0.25) is 0 Å². The molecule has 168 valence electrons. The summed E-state index contributed by atoms with van der Waals surface area (Å²) in [6, 6.07) is 5.91. The molecule has 6 nitrogen and oxygen atoms in total. The van der Waals surface area contributed by atoms with Crippen molar-refractivity contribution in [2.75, 3.05) is 40.4 Å². The lowest BCUT2D eigenvalue weighted by Crippen LogP contribution is -2.56. The zero-order valence-corrected chi connectivity index (χ0v) is 18.8. The van der Waals surface area contributed by atoms with Crippen LogP contribution in [0.25, 0.3) is 10.9 Å². The van der Waals surface area contributed by atoms with E-state index in [0.29, 0.717) is 6.54 Å². The molecule has 1 aliphatic carbocycles. The van der Waals surface area contributed by atoms with Crippen LogP contribution in [-0.2, 0) is 10.2 Å². The van der Waals surface area contributed by atoms with Crippen molar-refractivity contribution in [1.29, 1.82) is 0 Å². The van der Waals surface area contributed by atoms with E-state index in [-0.39, 0.29) is 29.9 Å². The van der Waals surface area contributed by atoms with Crippen LogP contribution in [0.15, 0.2) is 18.2 Å². The summed E-state index contributed by atoms with van der Waals surface area (Å²) in [6.45, 7) is 2.72. The number of likely N-dealkylation sites (tertiary alicyclic amines) is 1. The van der Waals surface area contributed by atoms with Crippen LogP contribution >= 0.6 is 0 Å². The van der Waals surface area contributed by atoms with Gasteiger partial charge >= 0.3 is 0 Å². The monoisotopic (exact) mass is 425 g/mol. The molecule has 6 heteroatoms. The number of aromatic amines is 1. The van der Waals surface area contributed by atoms with Gasteiger partial charge in [0.2, 0.25) is 5.91 Å². The number of amides is 1. The van der Waals surface area contributed by atoms with Gasteiger partial charge in [0.25, 0.3) is 0 Å². The summed E-state index contributed by atoms with van der Waals surface area (Å²) < 4.78 is 5.46. The highest BCUT2D eigenvalue weighted by Gasteiger charge is 2.49. The number of carbonyl (C=O) groups excluding carboxylic acids is 1. The fourth-order valence-electron chi connectivity index (χ4n) is 6.28. The lowest BCUT2D eigenvalue weighted by molar-refractivity contribution is -0.142. The van der Waals surface area contributed by atoms with Crippen molar-refractivity contribution in [2.45, 2.75) is 56.4 Å². The van der Waals surface area contributed by atoms with Gasteiger partial charge in [-0.25, -0.2) is 0 Å². The van der Waals surface area contributed by atoms with E-state index >= 15 is 0 Å². The molecule has 1 spiro atoms. The number of H-pyrrole nitrogens is 1. The maximum absolute atomic E-state index is 13.7. The van der Waals surface area contributed by atoms with E-state index in [1.807, 2.05) is 17.0 Å². The second-order valence-electron chi connectivity index (χ2n) is 9.91. The highest BCUT2D eigenvalue weighted by Crippen LogP contribution is 2.49. The van der Waals surface area contributed by atoms with Crippen molar-refractivity contribution in [1.82, 2.24) is 14.8 Å². The number of piperidine rings is 1. The third-order valence-corrected chi connectivity index (χ3v) is 8.10. The summed E-state index contributed by atoms with van der Waals surface area (Å²) in [5, 5.41) is 11.7. The maximum Gasteiger partial charge on any atom is 0.226 e. The highest BCUT2D eigenvalue weighted by atomic mass is 16.5. The van der Waals surface area contributed by atoms with E-state index in [1.165, 1.54) is 17.4 Å². The number of hydrogen-bond donors (Lipinski definition) is 2. The van der Waals surface area contributed by atoms with Gasteiger partial charge in [0.1, 0.15) is 5.75 Å². The second kappa shape index (κ2) is 8.14. The number of fused-ring (bicyclic) bond motifs is 4. The van der Waals surface area contributed by atoms with Crippen molar-refractivity contribution in [2.24, 2.45) is 5.92 Å². The molecule has 1 aromatic carbocycles. The van der Waals surface area contributed by atoms with Gasteiger partial charge in [0.15, 0.2) is 0 Å². The Kier molecular flexibility index (Phi) is 5.47. The molecule has 2 aromatic rings. The van der Waals surface area contributed by atoms with Gasteiger partial charge in [-0.2, -0.15) is 0 Å². The van der Waals surface area contributed by atoms with E-state index in [2.05, 4.69) is 23.0 Å². The lowest BCUT2D eigenvalue weighted by Gasteiger charge is -2.50. The Balaban J connectivity index is 1.62. The van der Waals surface area contributed by atoms with Crippen LogP contribution in [0.3, 0.4) is 0 Å². The number of nitrogens with one attached hydrogen (secondary N) is 1. The number of ether oxygens (including phenoxy) is 1. The molecule has 2 aliphatic heterocycles. The highest BCUT2D eigenvalue weighted by molar-refractivity contribution is 5.89. The Labute approximate surface area is 184 Å². The summed E-state index contributed by atoms with van der Waals surface area (Å²) >= 11 is 0. The van der Waals surface area contributed by atoms with E-state index < -0.39 is 0 Å². The van der Waals surface area contributed by atoms with Crippen LogP contribution < -0.4 is 4.74 Å². The molecule has 2 N–H and O–H groups in total. The number of rotatable bonds is 3. The molecular formula is C25H35N3O3. The van der Waals surface area contributed by atoms with E-state index in [0.717, 1.165) is 68.6 Å². The van der Waals surface area contributed by atoms with Crippen molar-refractivity contribution >= 4 is 16.8 Å². The molecule has 0 bridgehead atoms. The van der Waals surface area contributed by atoms with Gasteiger partial charge in [-0.15, -0.1) is 0 Å². The van der Waals surface area contributed by atoms with Crippen LogP contribution in [-0.4, -0.2) is 66.2 Å². The van der Waals surface area contributed by atoms with Crippen molar-refractivity contribution < 1.29 is 14.6 Å². The quantitative estimate of drug-likeness (QED) is 0.789. The predicted octanol–water partition coefficient (Wildman–Crippen LogP) is 3.60. The molecule has 1 amide bonds. The Morgan fingerprint density at radius 1 is 1.23 bits per heavy atom. The number of hydrogen-bond acceptors (Lipinski definition) is 4. The first kappa shape index (κ1) is 20.8. The summed E-state index contributed by atoms with van der Waals surface area (Å²) in [7, 11) is 3.86. The minimum absolute atomic E-state index is 0.0502. The summed E-state index contributed by atoms with van der Waals surface area (Å²) in [5.41, 5.74) is 3.33. The largest absolute Gasteiger partial charge is 0.497 e. The Hall–Kier alpha value is -2.05. The first-order chi connectivity index (χ1) is 15.1. The molecular weight excluding hydrogens is 390 g/mol. The molecule has 0 radical (unpaired) electrons. The summed E-state index contributed by atoms with van der Waals surface area (Å²) in [6.07, 6.45) is 7.55. The van der Waals surface area contributed by atoms with Gasteiger partial charge < -0.3 is 24.6 Å². The lowest BCUT2D eigenvalue weighted by atomic mass is 9.68. The molecule has 1 atom stereocenters. The number of carbonyl (C=O) groups is 1. The summed E-state index contributed by atoms with van der Waals surface area (Å²) in [5.74, 6) is 1.18. The van der Waals surface area contributed by atoms with Crippen molar-refractivity contribution in [3.05, 3.63) is 29.5 Å². The smallest absolute Gasteiger partial charge is 0.226 e. The number of aliphatic hydroxyl groups excluding tert-OH is 1. The zero-order valence-electron chi connectivity index (χ0n) is 18.8. The van der Waals surface area contributed by atoms with E-state index in [9.17, 15) is 9.90 Å². The minimum atomic E-state index is -0.298. The van der Waals surface area contributed by atoms with Crippen LogP contribution in [0.1, 0.15) is 62.2 Å². The normalized spacial score (nSPS) is 24.5. The standard InChI is InChI=1S/C25H35N3O3/c1-27-12-10-25(11-13-27)16-28(24(30)17-6-4-3-5-7-17)21(15-29)23-22(25)19-9-8-18(31-2)14-20(19)26-23/h8-9,14,17,21,26,29H,3-7,10-13,15-16H2,1-2H3/t21-/m1/s1. The molecule has 1 saturated heterocycles. The number of aromatic nitrogens is 1. The third kappa shape index (κ3) is 3.44. The molecule has 2 fully saturated rings. The predicted molar refractivity (Wildman–Crippen MR) is 121 cm³/mol. The molecule has 3 heterocycles. The third-order valence-electron chi connectivity index (χ3n) is 8.10. The number of aliphatic hydroxyl groups is 1. The maximum atomic E-state index is 13.7. The molecule has 1 aromatic heterocycles. The van der Waals surface area contributed by atoms with Crippen molar-refractivity contribution in [3.63, 3.8) is 0 Å². The van der Waals surface area contributed by atoms with Gasteiger partial charge in [-0.05, 0) is 63.5 Å².